The Morgan fingerprint density at radius 3 is 0.896 bits per heavy atom. The van der Waals surface area contributed by atoms with Crippen LogP contribution in [0.1, 0.15) is 83.1 Å². The number of ether oxygens (including phenoxy) is 4. The van der Waals surface area contributed by atoms with Gasteiger partial charge >= 0.3 is 23.9 Å². The van der Waals surface area contributed by atoms with E-state index in [0.717, 1.165) is 0 Å². The molecule has 0 unspecified atom stereocenters. The van der Waals surface area contributed by atoms with Crippen LogP contribution in [0.15, 0.2) is 0 Å². The van der Waals surface area contributed by atoms with Gasteiger partial charge < -0.3 is 24.3 Å². The minimum atomic E-state index is -0.670. The molecule has 278 valence electrons. The molecule has 1 N–H and O–H groups in total. The van der Waals surface area contributed by atoms with Crippen molar-refractivity contribution in [2.45, 2.75) is 105 Å². The monoisotopic (exact) mass is 685 g/mol. The average Bonchev–Trinajstić information content (AvgIpc) is 2.84. The quantitative estimate of drug-likeness (QED) is 0.263. The second kappa shape index (κ2) is 18.8. The first-order valence-corrected chi connectivity index (χ1v) is 16.8. The number of nitrogens with one attached hydrogen (secondary N) is 1. The first kappa shape index (κ1) is 43.2. The van der Waals surface area contributed by atoms with Crippen molar-refractivity contribution in [1.82, 2.24) is 24.9 Å². The summed E-state index contributed by atoms with van der Waals surface area (Å²) in [6.07, 6.45) is 0. The van der Waals surface area contributed by atoms with Gasteiger partial charge in [-0.05, 0) is 83.1 Å². The van der Waals surface area contributed by atoms with E-state index in [9.17, 15) is 24.0 Å². The first-order chi connectivity index (χ1) is 21.8. The van der Waals surface area contributed by atoms with E-state index in [1.165, 1.54) is 0 Å². The fourth-order valence-electron chi connectivity index (χ4n) is 4.69. The molecule has 14 heteroatoms. The van der Waals surface area contributed by atoms with E-state index in [0.29, 0.717) is 52.4 Å². The molecule has 0 atom stereocenters. The molecule has 0 aromatic heterocycles. The predicted molar refractivity (Wildman–Crippen MR) is 182 cm³/mol. The largest absolute Gasteiger partial charge is 0.459 e. The Bertz CT molecular complexity index is 1020. The molecule has 14 nitrogen and oxygen atoms in total. The Labute approximate surface area is 288 Å². The number of hydrogen-bond acceptors (Lipinski definition) is 13. The standard InChI is InChI=1S/C34H63N5O9/c1-31(2,3)45-27(41)21-35-26(40)22-36-13-15-37(23-28(42)46-32(4,5)6)17-19-39(25-30(44)48-34(10,11)12)20-18-38(16-14-36)24-29(43)47-33(7,8)9/h13-25H2,1-12H3,(H,35,40). The third kappa shape index (κ3) is 22.7. The number of carbonyl (C=O) groups is 5. The highest BCUT2D eigenvalue weighted by Crippen LogP contribution is 2.11. The Morgan fingerprint density at radius 2 is 0.646 bits per heavy atom. The van der Waals surface area contributed by atoms with Crippen molar-refractivity contribution in [2.75, 3.05) is 85.1 Å². The zero-order chi connectivity index (χ0) is 36.9. The maximum atomic E-state index is 12.9. The molecule has 0 spiro atoms. The van der Waals surface area contributed by atoms with Crippen molar-refractivity contribution in [3.63, 3.8) is 0 Å². The van der Waals surface area contributed by atoms with Crippen LogP contribution in [0.25, 0.3) is 0 Å². The fourth-order valence-corrected chi connectivity index (χ4v) is 4.69. The number of esters is 4. The van der Waals surface area contributed by atoms with E-state index in [1.807, 2.05) is 81.9 Å². The topological polar surface area (TPSA) is 147 Å². The van der Waals surface area contributed by atoms with Crippen LogP contribution in [0.4, 0.5) is 0 Å². The van der Waals surface area contributed by atoms with Crippen LogP contribution in [0.3, 0.4) is 0 Å². The Hall–Kier alpha value is -2.81. The number of hydrogen-bond donors (Lipinski definition) is 1. The SMILES string of the molecule is CC(C)(C)OC(=O)CNC(=O)CN1CCN(CC(=O)OC(C)(C)C)CCN(CC(=O)OC(C)(C)C)CCN(CC(=O)OC(C)(C)C)CC1. The molecular weight excluding hydrogens is 622 g/mol. The van der Waals surface area contributed by atoms with Crippen LogP contribution in [0.2, 0.25) is 0 Å². The molecular formula is C34H63N5O9. The molecule has 1 rings (SSSR count). The van der Waals surface area contributed by atoms with Crippen LogP contribution in [-0.4, -0.2) is 157 Å². The summed E-state index contributed by atoms with van der Waals surface area (Å²) in [5, 5.41) is 2.64. The van der Waals surface area contributed by atoms with Crippen LogP contribution < -0.4 is 5.32 Å². The van der Waals surface area contributed by atoms with Crippen molar-refractivity contribution >= 4 is 29.8 Å². The van der Waals surface area contributed by atoms with Crippen LogP contribution >= 0.6 is 0 Å². The lowest BCUT2D eigenvalue weighted by Crippen LogP contribution is -2.50. The van der Waals surface area contributed by atoms with Gasteiger partial charge in [-0.25, -0.2) is 0 Å². The highest BCUT2D eigenvalue weighted by molar-refractivity contribution is 5.83. The Morgan fingerprint density at radius 1 is 0.417 bits per heavy atom. The molecule has 1 aliphatic rings. The minimum Gasteiger partial charge on any atom is -0.459 e. The molecule has 0 saturated carbocycles. The van der Waals surface area contributed by atoms with Crippen molar-refractivity contribution in [3.05, 3.63) is 0 Å². The lowest BCUT2D eigenvalue weighted by atomic mass is 10.2. The molecule has 1 amide bonds. The van der Waals surface area contributed by atoms with Crippen molar-refractivity contribution in [2.24, 2.45) is 0 Å². The molecule has 0 bridgehead atoms. The minimum absolute atomic E-state index is 0.00583. The predicted octanol–water partition coefficient (Wildman–Crippen LogP) is 1.69. The third-order valence-corrected chi connectivity index (χ3v) is 6.47. The zero-order valence-corrected chi connectivity index (χ0v) is 31.7. The van der Waals surface area contributed by atoms with Crippen LogP contribution in [0.5, 0.6) is 0 Å². The summed E-state index contributed by atoms with van der Waals surface area (Å²) in [4.78, 5) is 71.4. The molecule has 1 saturated heterocycles. The highest BCUT2D eigenvalue weighted by Gasteiger charge is 2.26. The molecule has 0 aromatic carbocycles. The van der Waals surface area contributed by atoms with Crippen molar-refractivity contribution in [3.8, 4) is 0 Å². The molecule has 48 heavy (non-hydrogen) atoms. The van der Waals surface area contributed by atoms with E-state index in [4.69, 9.17) is 18.9 Å². The third-order valence-electron chi connectivity index (χ3n) is 6.47. The van der Waals surface area contributed by atoms with E-state index in [-0.39, 0.29) is 56.5 Å². The highest BCUT2D eigenvalue weighted by atomic mass is 16.6. The van der Waals surface area contributed by atoms with Crippen LogP contribution in [0, 0.1) is 0 Å². The second-order valence-corrected chi connectivity index (χ2v) is 16.2. The molecule has 0 radical (unpaired) electrons. The molecule has 1 heterocycles. The van der Waals surface area contributed by atoms with Gasteiger partial charge in [0, 0.05) is 52.4 Å². The first-order valence-electron chi connectivity index (χ1n) is 16.8. The lowest BCUT2D eigenvalue weighted by Gasteiger charge is -2.34. The summed E-state index contributed by atoms with van der Waals surface area (Å²) in [6, 6.07) is 0. The Balaban J connectivity index is 3.21. The molecule has 1 aliphatic heterocycles. The van der Waals surface area contributed by atoms with Crippen LogP contribution in [-0.2, 0) is 42.9 Å². The summed E-state index contributed by atoms with van der Waals surface area (Å²) in [6.45, 7) is 24.8. The zero-order valence-electron chi connectivity index (χ0n) is 31.7. The smallest absolute Gasteiger partial charge is 0.325 e. The van der Waals surface area contributed by atoms with Gasteiger partial charge in [0.15, 0.2) is 0 Å². The van der Waals surface area contributed by atoms with Gasteiger partial charge in [0.05, 0.1) is 26.2 Å². The summed E-state index contributed by atoms with van der Waals surface area (Å²) in [5.74, 6) is -2.01. The van der Waals surface area contributed by atoms with Gasteiger partial charge in [-0.15, -0.1) is 0 Å². The maximum Gasteiger partial charge on any atom is 0.325 e. The summed E-state index contributed by atoms with van der Waals surface area (Å²) >= 11 is 0. The van der Waals surface area contributed by atoms with Crippen molar-refractivity contribution < 1.29 is 42.9 Å². The summed E-state index contributed by atoms with van der Waals surface area (Å²) in [7, 11) is 0. The second-order valence-electron chi connectivity index (χ2n) is 16.2. The van der Waals surface area contributed by atoms with E-state index >= 15 is 0 Å². The fraction of sp³-hybridized carbons (Fsp3) is 0.853. The average molecular weight is 686 g/mol. The van der Waals surface area contributed by atoms with E-state index in [2.05, 4.69) is 5.32 Å². The number of carbonyl (C=O) groups excluding carboxylic acids is 5. The van der Waals surface area contributed by atoms with Gasteiger partial charge in [-0.2, -0.15) is 0 Å². The van der Waals surface area contributed by atoms with E-state index in [1.54, 1.807) is 20.8 Å². The van der Waals surface area contributed by atoms with Gasteiger partial charge in [-0.1, -0.05) is 0 Å². The number of nitrogens with zero attached hydrogens (tertiary/aromatic N) is 4. The van der Waals surface area contributed by atoms with Gasteiger partial charge in [0.2, 0.25) is 5.91 Å². The molecule has 0 aliphatic carbocycles. The van der Waals surface area contributed by atoms with Crippen molar-refractivity contribution in [1.29, 1.82) is 0 Å². The summed E-state index contributed by atoms with van der Waals surface area (Å²) < 4.78 is 22.1. The summed E-state index contributed by atoms with van der Waals surface area (Å²) in [5.41, 5.74) is -2.61. The molecule has 1 fully saturated rings. The van der Waals surface area contributed by atoms with Gasteiger partial charge in [0.25, 0.3) is 0 Å². The Kier molecular flexibility index (Phi) is 16.9. The maximum absolute atomic E-state index is 12.9. The number of amides is 1. The van der Waals surface area contributed by atoms with E-state index < -0.39 is 28.4 Å². The van der Waals surface area contributed by atoms with Gasteiger partial charge in [-0.3, -0.25) is 43.6 Å². The lowest BCUT2D eigenvalue weighted by molar-refractivity contribution is -0.158. The normalized spacial score (nSPS) is 17.4. The number of rotatable bonds is 10. The van der Waals surface area contributed by atoms with Gasteiger partial charge in [0.1, 0.15) is 28.9 Å². The molecule has 0 aromatic rings.